The molecule has 0 saturated carbocycles. The van der Waals surface area contributed by atoms with Gasteiger partial charge in [-0.1, -0.05) is 18.2 Å². The van der Waals surface area contributed by atoms with Crippen LogP contribution >= 0.6 is 0 Å². The Bertz CT molecular complexity index is 841. The van der Waals surface area contributed by atoms with Gasteiger partial charge in [0.25, 0.3) is 5.91 Å². The van der Waals surface area contributed by atoms with Gasteiger partial charge in [-0.25, -0.2) is 0 Å². The maximum absolute atomic E-state index is 12.6. The quantitative estimate of drug-likeness (QED) is 0.415. The fraction of sp³-hybridized carbons (Fsp3) is 0.435. The van der Waals surface area contributed by atoms with Gasteiger partial charge in [0.2, 0.25) is 0 Å². The van der Waals surface area contributed by atoms with Crippen molar-refractivity contribution < 1.29 is 19.4 Å². The largest absolute Gasteiger partial charge is 0.493 e. The van der Waals surface area contributed by atoms with Crippen LogP contribution in [-0.2, 0) is 4.79 Å². The maximum Gasteiger partial charge on any atom is 0.260 e. The van der Waals surface area contributed by atoms with Crippen molar-refractivity contribution in [1.82, 2.24) is 9.80 Å². The lowest BCUT2D eigenvalue weighted by molar-refractivity contribution is -0.135. The Hall–Kier alpha value is -2.97. The Balaban J connectivity index is 1.42. The molecule has 8 heteroatoms. The van der Waals surface area contributed by atoms with Crippen molar-refractivity contribution in [2.75, 3.05) is 51.4 Å². The summed E-state index contributed by atoms with van der Waals surface area (Å²) in [5.74, 6) is 0.910. The number of ether oxygens (including phenoxy) is 2. The molecule has 0 bridgehead atoms. The Morgan fingerprint density at radius 3 is 2.61 bits per heavy atom. The van der Waals surface area contributed by atoms with E-state index in [0.29, 0.717) is 23.7 Å². The van der Waals surface area contributed by atoms with Crippen molar-refractivity contribution >= 4 is 17.3 Å². The molecule has 1 saturated heterocycles. The normalized spacial score (nSPS) is 15.8. The molecule has 1 aliphatic rings. The first kappa shape index (κ1) is 22.7. The first-order chi connectivity index (χ1) is 15.0. The highest BCUT2D eigenvalue weighted by atomic mass is 16.5. The van der Waals surface area contributed by atoms with Crippen molar-refractivity contribution in [3.05, 3.63) is 48.5 Å². The zero-order valence-electron chi connectivity index (χ0n) is 18.2. The minimum absolute atomic E-state index is 0.0732. The van der Waals surface area contributed by atoms with Crippen LogP contribution < -0.4 is 20.5 Å². The summed E-state index contributed by atoms with van der Waals surface area (Å²) in [7, 11) is 3.36. The summed E-state index contributed by atoms with van der Waals surface area (Å²) in [6.45, 7) is 2.10. The summed E-state index contributed by atoms with van der Waals surface area (Å²) in [6, 6.07) is 14.9. The second-order valence-electron chi connectivity index (χ2n) is 7.76. The van der Waals surface area contributed by atoms with E-state index in [1.807, 2.05) is 37.4 Å². The number of hydrogen-bond acceptors (Lipinski definition) is 7. The van der Waals surface area contributed by atoms with Gasteiger partial charge in [0, 0.05) is 50.2 Å². The second-order valence-corrected chi connectivity index (χ2v) is 7.76. The molecule has 0 spiro atoms. The van der Waals surface area contributed by atoms with Crippen LogP contribution in [0.5, 0.6) is 11.5 Å². The van der Waals surface area contributed by atoms with Crippen LogP contribution in [-0.4, -0.2) is 73.5 Å². The molecule has 8 nitrogen and oxygen atoms in total. The van der Waals surface area contributed by atoms with Gasteiger partial charge in [0.05, 0.1) is 7.11 Å². The zero-order chi connectivity index (χ0) is 22.2. The summed E-state index contributed by atoms with van der Waals surface area (Å²) < 4.78 is 10.9. The van der Waals surface area contributed by atoms with E-state index < -0.39 is 6.23 Å². The van der Waals surface area contributed by atoms with E-state index in [2.05, 4.69) is 10.2 Å². The molecule has 0 aliphatic carbocycles. The van der Waals surface area contributed by atoms with E-state index in [1.54, 1.807) is 30.2 Å². The first-order valence-corrected chi connectivity index (χ1v) is 10.5. The van der Waals surface area contributed by atoms with E-state index in [0.717, 1.165) is 31.6 Å². The van der Waals surface area contributed by atoms with E-state index in [9.17, 15) is 9.90 Å². The predicted octanol–water partition coefficient (Wildman–Crippen LogP) is 2.01. The second kappa shape index (κ2) is 10.9. The van der Waals surface area contributed by atoms with Gasteiger partial charge < -0.3 is 30.5 Å². The fourth-order valence-corrected chi connectivity index (χ4v) is 3.76. The highest BCUT2D eigenvalue weighted by molar-refractivity contribution is 5.78. The van der Waals surface area contributed by atoms with Crippen LogP contribution in [0.15, 0.2) is 48.5 Å². The van der Waals surface area contributed by atoms with Crippen LogP contribution in [0.4, 0.5) is 11.4 Å². The Labute approximate surface area is 183 Å². The number of carbonyl (C=O) groups is 1. The van der Waals surface area contributed by atoms with Crippen LogP contribution in [0.2, 0.25) is 0 Å². The number of methoxy groups -OCH3 is 1. The fourth-order valence-electron chi connectivity index (χ4n) is 3.76. The van der Waals surface area contributed by atoms with E-state index in [4.69, 9.17) is 15.2 Å². The molecule has 0 radical (unpaired) electrons. The molecule has 1 amide bonds. The number of nitrogens with two attached hydrogens (primary N) is 1. The molecule has 3 rings (SSSR count). The highest BCUT2D eigenvalue weighted by Crippen LogP contribution is 2.29. The molecule has 1 unspecified atom stereocenters. The van der Waals surface area contributed by atoms with Crippen LogP contribution in [0.3, 0.4) is 0 Å². The average Bonchev–Trinajstić information content (AvgIpc) is 2.78. The van der Waals surface area contributed by atoms with Gasteiger partial charge in [-0.05, 0) is 37.1 Å². The van der Waals surface area contributed by atoms with Crippen molar-refractivity contribution in [2.24, 2.45) is 0 Å². The molecular formula is C23H32N4O4. The molecule has 1 heterocycles. The number of rotatable bonds is 9. The number of aliphatic hydroxyl groups is 1. The topological polar surface area (TPSA) is 100 Å². The zero-order valence-corrected chi connectivity index (χ0v) is 18.2. The number of hydrogen-bond donors (Lipinski definition) is 3. The van der Waals surface area contributed by atoms with Crippen molar-refractivity contribution in [1.29, 1.82) is 0 Å². The number of amides is 1. The number of anilines is 2. The minimum atomic E-state index is -0.639. The number of carbonyl (C=O) groups excluding carboxylic acids is 1. The number of β-amino-alcohol motifs (C(OH)–C–C–N with tert-alkyl or cyclic N) is 1. The monoisotopic (exact) mass is 428 g/mol. The average molecular weight is 429 g/mol. The molecular weight excluding hydrogens is 396 g/mol. The van der Waals surface area contributed by atoms with Gasteiger partial charge in [-0.2, -0.15) is 0 Å². The Morgan fingerprint density at radius 1 is 1.23 bits per heavy atom. The molecule has 2 aromatic rings. The summed E-state index contributed by atoms with van der Waals surface area (Å²) in [4.78, 5) is 16.6. The lowest BCUT2D eigenvalue weighted by atomic mass is 10.0. The van der Waals surface area contributed by atoms with Gasteiger partial charge >= 0.3 is 0 Å². The molecule has 0 aromatic heterocycles. The molecule has 1 fully saturated rings. The van der Waals surface area contributed by atoms with Gasteiger partial charge in [-0.3, -0.25) is 9.69 Å². The summed E-state index contributed by atoms with van der Waals surface area (Å²) in [5.41, 5.74) is 7.24. The van der Waals surface area contributed by atoms with Crippen LogP contribution in [0.1, 0.15) is 12.8 Å². The number of benzene rings is 2. The first-order valence-electron chi connectivity index (χ1n) is 10.5. The molecule has 31 heavy (non-hydrogen) atoms. The number of nitrogens with one attached hydrogen (secondary N) is 1. The summed E-state index contributed by atoms with van der Waals surface area (Å²) in [5, 5.41) is 13.4. The summed E-state index contributed by atoms with van der Waals surface area (Å²) >= 11 is 0. The number of aliphatic hydroxyl groups excluding tert-OH is 1. The van der Waals surface area contributed by atoms with E-state index in [-0.39, 0.29) is 18.6 Å². The van der Waals surface area contributed by atoms with Gasteiger partial charge in [-0.15, -0.1) is 0 Å². The van der Waals surface area contributed by atoms with Crippen LogP contribution in [0.25, 0.3) is 0 Å². The van der Waals surface area contributed by atoms with Crippen molar-refractivity contribution in [3.8, 4) is 11.5 Å². The minimum Gasteiger partial charge on any atom is -0.493 e. The number of nitrogen functional groups attached to an aromatic ring is 1. The number of likely N-dealkylation sites (tertiary alicyclic amines) is 1. The van der Waals surface area contributed by atoms with Crippen molar-refractivity contribution in [2.45, 2.75) is 25.1 Å². The van der Waals surface area contributed by atoms with Gasteiger partial charge in [0.15, 0.2) is 18.1 Å². The third-order valence-corrected chi connectivity index (χ3v) is 5.58. The van der Waals surface area contributed by atoms with Gasteiger partial charge in [0.1, 0.15) is 6.23 Å². The van der Waals surface area contributed by atoms with E-state index >= 15 is 0 Å². The predicted molar refractivity (Wildman–Crippen MR) is 121 cm³/mol. The molecule has 2 aromatic carbocycles. The SMILES string of the molecule is COc1ccc(N)cc1OCC(=O)N(C)C1CCN(CC(O)Nc2ccccc2)CC1. The molecule has 168 valence electrons. The summed E-state index contributed by atoms with van der Waals surface area (Å²) in [6.07, 6.45) is 1.06. The smallest absolute Gasteiger partial charge is 0.260 e. The lowest BCUT2D eigenvalue weighted by Gasteiger charge is -2.37. The number of nitrogens with zero attached hydrogens (tertiary/aromatic N) is 2. The Morgan fingerprint density at radius 2 is 1.94 bits per heavy atom. The third-order valence-electron chi connectivity index (χ3n) is 5.58. The number of piperidine rings is 1. The lowest BCUT2D eigenvalue weighted by Crippen LogP contribution is -2.48. The maximum atomic E-state index is 12.6. The van der Waals surface area contributed by atoms with Crippen LogP contribution in [0, 0.1) is 0 Å². The third kappa shape index (κ3) is 6.50. The Kier molecular flexibility index (Phi) is 7.97. The molecule has 1 aliphatic heterocycles. The van der Waals surface area contributed by atoms with Crippen molar-refractivity contribution in [3.63, 3.8) is 0 Å². The highest BCUT2D eigenvalue weighted by Gasteiger charge is 2.26. The number of para-hydroxylation sites is 1. The number of likely N-dealkylation sites (N-methyl/N-ethyl adjacent to an activating group) is 1. The van der Waals surface area contributed by atoms with E-state index in [1.165, 1.54) is 0 Å². The standard InChI is InChI=1S/C23H32N4O4/c1-26(23(29)16-31-21-14-17(24)8-9-20(21)30-2)19-10-12-27(13-11-19)15-22(28)25-18-6-4-3-5-7-18/h3-9,14,19,22,25,28H,10-13,15-16,24H2,1-2H3. The molecule has 1 atom stereocenters. The molecule has 4 N–H and O–H groups in total.